The standard InChI is InChI=1S/C24H26N2O4S/c1-31(29,30)23-19-9-5-3-6-16(19)12-20(23)25-24(28)22-18-8-4-2-7-17(18)13-21(27)26(22)14-15-10-11-15/h2-9,15,20,22-23H,10-14H2,1H3,(H,25,28). The van der Waals surface area contributed by atoms with E-state index in [0.29, 0.717) is 25.3 Å². The normalized spacial score (nSPS) is 25.1. The summed E-state index contributed by atoms with van der Waals surface area (Å²) in [5.41, 5.74) is 3.41. The molecule has 1 fully saturated rings. The van der Waals surface area contributed by atoms with Crippen LogP contribution in [0.3, 0.4) is 0 Å². The zero-order chi connectivity index (χ0) is 21.8. The molecule has 0 spiro atoms. The smallest absolute Gasteiger partial charge is 0.247 e. The molecule has 0 aromatic heterocycles. The van der Waals surface area contributed by atoms with Gasteiger partial charge in [0, 0.05) is 12.8 Å². The second-order valence-electron chi connectivity index (χ2n) is 9.04. The second kappa shape index (κ2) is 7.48. The number of carbonyl (C=O) groups is 2. The van der Waals surface area contributed by atoms with Gasteiger partial charge in [-0.05, 0) is 47.4 Å². The van der Waals surface area contributed by atoms with Crippen LogP contribution in [0.5, 0.6) is 0 Å². The van der Waals surface area contributed by atoms with Gasteiger partial charge in [0.05, 0.1) is 12.5 Å². The third-order valence-electron chi connectivity index (χ3n) is 6.68. The van der Waals surface area contributed by atoms with Crippen molar-refractivity contribution in [3.05, 3.63) is 70.8 Å². The van der Waals surface area contributed by atoms with Crippen molar-refractivity contribution in [2.45, 2.75) is 43.0 Å². The Morgan fingerprint density at radius 3 is 2.35 bits per heavy atom. The zero-order valence-corrected chi connectivity index (χ0v) is 18.3. The maximum atomic E-state index is 13.6. The molecule has 2 aromatic rings. The van der Waals surface area contributed by atoms with Crippen LogP contribution in [-0.4, -0.2) is 44.0 Å². The van der Waals surface area contributed by atoms with Gasteiger partial charge in [-0.15, -0.1) is 0 Å². The molecule has 1 aliphatic heterocycles. The number of carbonyl (C=O) groups excluding carboxylic acids is 2. The number of nitrogens with one attached hydrogen (secondary N) is 1. The van der Waals surface area contributed by atoms with Gasteiger partial charge in [-0.25, -0.2) is 8.42 Å². The predicted molar refractivity (Wildman–Crippen MR) is 117 cm³/mol. The predicted octanol–water partition coefficient (Wildman–Crippen LogP) is 2.35. The van der Waals surface area contributed by atoms with E-state index in [2.05, 4.69) is 5.32 Å². The summed E-state index contributed by atoms with van der Waals surface area (Å²) < 4.78 is 25.2. The first kappa shape index (κ1) is 20.2. The van der Waals surface area contributed by atoms with E-state index in [0.717, 1.165) is 35.1 Å². The lowest BCUT2D eigenvalue weighted by molar-refractivity contribution is -0.142. The molecule has 2 amide bonds. The maximum Gasteiger partial charge on any atom is 0.247 e. The maximum absolute atomic E-state index is 13.6. The minimum absolute atomic E-state index is 0.0416. The monoisotopic (exact) mass is 438 g/mol. The molecule has 1 N–H and O–H groups in total. The first-order valence-corrected chi connectivity index (χ1v) is 12.7. The second-order valence-corrected chi connectivity index (χ2v) is 11.2. The van der Waals surface area contributed by atoms with E-state index in [1.54, 1.807) is 4.90 Å². The van der Waals surface area contributed by atoms with Gasteiger partial charge < -0.3 is 10.2 Å². The average molecular weight is 439 g/mol. The topological polar surface area (TPSA) is 83.5 Å². The molecule has 1 heterocycles. The SMILES string of the molecule is CS(=O)(=O)C1c2ccccc2CC1NC(=O)C1c2ccccc2CC(=O)N1CC1CC1. The molecular formula is C24H26N2O4S. The Morgan fingerprint density at radius 1 is 1.03 bits per heavy atom. The number of benzene rings is 2. The van der Waals surface area contributed by atoms with Crippen molar-refractivity contribution < 1.29 is 18.0 Å². The van der Waals surface area contributed by atoms with Crippen LogP contribution in [0.25, 0.3) is 0 Å². The molecule has 0 saturated heterocycles. The molecule has 0 bridgehead atoms. The number of amides is 2. The van der Waals surface area contributed by atoms with Gasteiger partial charge in [-0.3, -0.25) is 9.59 Å². The fourth-order valence-corrected chi connectivity index (χ4v) is 6.53. The minimum atomic E-state index is -3.43. The van der Waals surface area contributed by atoms with Crippen LogP contribution in [0.1, 0.15) is 46.4 Å². The molecule has 3 aliphatic rings. The van der Waals surface area contributed by atoms with E-state index in [9.17, 15) is 18.0 Å². The summed E-state index contributed by atoms with van der Waals surface area (Å²) in [4.78, 5) is 28.2. The van der Waals surface area contributed by atoms with E-state index in [1.165, 1.54) is 6.26 Å². The molecule has 3 unspecified atom stereocenters. The van der Waals surface area contributed by atoms with Crippen molar-refractivity contribution in [1.82, 2.24) is 10.2 Å². The van der Waals surface area contributed by atoms with Gasteiger partial charge >= 0.3 is 0 Å². The highest BCUT2D eigenvalue weighted by molar-refractivity contribution is 7.91. The molecule has 31 heavy (non-hydrogen) atoms. The van der Waals surface area contributed by atoms with Crippen molar-refractivity contribution in [3.8, 4) is 0 Å². The highest BCUT2D eigenvalue weighted by atomic mass is 32.2. The zero-order valence-electron chi connectivity index (χ0n) is 17.5. The molecule has 3 atom stereocenters. The number of rotatable bonds is 5. The van der Waals surface area contributed by atoms with Crippen LogP contribution in [-0.2, 0) is 32.3 Å². The molecule has 5 rings (SSSR count). The molecule has 7 heteroatoms. The molecule has 0 radical (unpaired) electrons. The third kappa shape index (κ3) is 3.76. The fraction of sp³-hybridized carbons (Fsp3) is 0.417. The summed E-state index contributed by atoms with van der Waals surface area (Å²) in [6, 6.07) is 13.7. The van der Waals surface area contributed by atoms with Gasteiger partial charge in [0.15, 0.2) is 9.84 Å². The van der Waals surface area contributed by atoms with E-state index < -0.39 is 27.2 Å². The largest absolute Gasteiger partial charge is 0.349 e. The Morgan fingerprint density at radius 2 is 1.68 bits per heavy atom. The lowest BCUT2D eigenvalue weighted by Crippen LogP contribution is -2.51. The van der Waals surface area contributed by atoms with Crippen LogP contribution >= 0.6 is 0 Å². The first-order valence-electron chi connectivity index (χ1n) is 10.8. The molecule has 2 aromatic carbocycles. The van der Waals surface area contributed by atoms with Crippen molar-refractivity contribution in [1.29, 1.82) is 0 Å². The summed E-state index contributed by atoms with van der Waals surface area (Å²) in [6.07, 6.45) is 4.14. The third-order valence-corrected chi connectivity index (χ3v) is 8.18. The lowest BCUT2D eigenvalue weighted by Gasteiger charge is -2.37. The number of hydrogen-bond acceptors (Lipinski definition) is 4. The Bertz CT molecular complexity index is 1160. The Labute approximate surface area is 182 Å². The van der Waals surface area contributed by atoms with Gasteiger partial charge in [-0.1, -0.05) is 48.5 Å². The number of hydrogen-bond donors (Lipinski definition) is 1. The van der Waals surface area contributed by atoms with Gasteiger partial charge in [0.25, 0.3) is 0 Å². The summed E-state index contributed by atoms with van der Waals surface area (Å²) in [5, 5.41) is 2.25. The average Bonchev–Trinajstić information content (AvgIpc) is 3.45. The van der Waals surface area contributed by atoms with Crippen molar-refractivity contribution in [2.75, 3.05) is 12.8 Å². The Balaban J connectivity index is 1.47. The van der Waals surface area contributed by atoms with Gasteiger partial charge in [0.2, 0.25) is 11.8 Å². The van der Waals surface area contributed by atoms with Gasteiger partial charge in [-0.2, -0.15) is 0 Å². The van der Waals surface area contributed by atoms with Crippen LogP contribution in [0.15, 0.2) is 48.5 Å². The van der Waals surface area contributed by atoms with Crippen LogP contribution in [0.2, 0.25) is 0 Å². The quantitative estimate of drug-likeness (QED) is 0.777. The number of sulfone groups is 1. The van der Waals surface area contributed by atoms with Crippen molar-refractivity contribution in [2.24, 2.45) is 5.92 Å². The minimum Gasteiger partial charge on any atom is -0.349 e. The fourth-order valence-electron chi connectivity index (χ4n) is 5.08. The van der Waals surface area contributed by atoms with E-state index in [1.807, 2.05) is 48.5 Å². The number of fused-ring (bicyclic) bond motifs is 2. The van der Waals surface area contributed by atoms with Crippen molar-refractivity contribution >= 4 is 21.7 Å². The molecule has 1 saturated carbocycles. The van der Waals surface area contributed by atoms with Crippen LogP contribution in [0, 0.1) is 5.92 Å². The lowest BCUT2D eigenvalue weighted by atomic mass is 9.91. The number of nitrogens with zero attached hydrogens (tertiary/aromatic N) is 1. The first-order chi connectivity index (χ1) is 14.8. The molecule has 2 aliphatic carbocycles. The van der Waals surface area contributed by atoms with Gasteiger partial charge in [0.1, 0.15) is 11.3 Å². The summed E-state index contributed by atoms with van der Waals surface area (Å²) in [7, 11) is -3.43. The molecule has 162 valence electrons. The van der Waals surface area contributed by atoms with E-state index in [-0.39, 0.29) is 11.8 Å². The Kier molecular flexibility index (Phi) is 4.88. The molecular weight excluding hydrogens is 412 g/mol. The van der Waals surface area contributed by atoms with E-state index in [4.69, 9.17) is 0 Å². The summed E-state index contributed by atoms with van der Waals surface area (Å²) >= 11 is 0. The highest BCUT2D eigenvalue weighted by Crippen LogP contribution is 2.39. The summed E-state index contributed by atoms with van der Waals surface area (Å²) in [5.74, 6) is 0.108. The van der Waals surface area contributed by atoms with Crippen molar-refractivity contribution in [3.63, 3.8) is 0 Å². The van der Waals surface area contributed by atoms with Crippen LogP contribution in [0.4, 0.5) is 0 Å². The molecule has 6 nitrogen and oxygen atoms in total. The summed E-state index contributed by atoms with van der Waals surface area (Å²) in [6.45, 7) is 0.575. The highest BCUT2D eigenvalue weighted by Gasteiger charge is 2.44. The van der Waals surface area contributed by atoms with E-state index >= 15 is 0 Å². The Hall–Kier alpha value is -2.67. The van der Waals surface area contributed by atoms with Crippen LogP contribution < -0.4 is 5.32 Å².